The predicted octanol–water partition coefficient (Wildman–Crippen LogP) is 11.0. The first-order chi connectivity index (χ1) is 32.5. The molecular formula is C57H49NO8. The fraction of sp³-hybridized carbons (Fsp3) is 0.158. The molecule has 9 rings (SSSR count). The minimum atomic E-state index is -1.34. The Morgan fingerprint density at radius 2 is 0.879 bits per heavy atom. The third-order valence-corrected chi connectivity index (χ3v) is 12.1. The fourth-order valence-electron chi connectivity index (χ4n) is 8.88. The monoisotopic (exact) mass is 875 g/mol. The van der Waals surface area contributed by atoms with Crippen LogP contribution in [0.3, 0.4) is 0 Å². The van der Waals surface area contributed by atoms with E-state index in [9.17, 15) is 15.2 Å². The van der Waals surface area contributed by atoms with E-state index in [0.717, 1.165) is 38.9 Å². The molecule has 8 aromatic carbocycles. The van der Waals surface area contributed by atoms with Crippen LogP contribution in [0.2, 0.25) is 0 Å². The molecular weight excluding hydrogens is 827 g/mol. The average molecular weight is 876 g/mol. The Morgan fingerprint density at radius 3 is 1.27 bits per heavy atom. The number of rotatable bonds is 17. The molecule has 5 atom stereocenters. The molecule has 0 amide bonds. The van der Waals surface area contributed by atoms with Crippen LogP contribution in [0.1, 0.15) is 38.9 Å². The molecule has 0 radical (unpaired) electrons. The molecule has 0 spiro atoms. The van der Waals surface area contributed by atoms with Crippen LogP contribution in [0.25, 0.3) is 0 Å². The van der Waals surface area contributed by atoms with E-state index in [1.165, 1.54) is 24.3 Å². The highest BCUT2D eigenvalue weighted by Crippen LogP contribution is 2.45. The van der Waals surface area contributed by atoms with Crippen molar-refractivity contribution in [2.75, 3.05) is 6.61 Å². The first-order valence-corrected chi connectivity index (χ1v) is 22.0. The average Bonchev–Trinajstić information content (AvgIpc) is 3.39. The molecule has 0 bridgehead atoms. The highest BCUT2D eigenvalue weighted by Gasteiger charge is 2.53. The third-order valence-electron chi connectivity index (χ3n) is 12.1. The van der Waals surface area contributed by atoms with E-state index < -0.39 is 46.8 Å². The highest BCUT2D eigenvalue weighted by molar-refractivity contribution is 5.49. The largest absolute Gasteiger partial charge is 0.482 e. The van der Waals surface area contributed by atoms with Gasteiger partial charge in [-0.15, -0.1) is 0 Å². The molecule has 8 aromatic rings. The van der Waals surface area contributed by atoms with Gasteiger partial charge in [-0.3, -0.25) is 10.1 Å². The van der Waals surface area contributed by atoms with Crippen molar-refractivity contribution < 1.29 is 33.7 Å². The summed E-state index contributed by atoms with van der Waals surface area (Å²) < 4.78 is 35.7. The molecule has 0 unspecified atom stereocenters. The molecule has 330 valence electrons. The van der Waals surface area contributed by atoms with Gasteiger partial charge >= 0.3 is 0 Å². The number of aliphatic hydroxyl groups excluding tert-OH is 1. The lowest BCUT2D eigenvalue weighted by atomic mass is 9.79. The van der Waals surface area contributed by atoms with Crippen molar-refractivity contribution in [3.8, 4) is 5.75 Å². The zero-order valence-electron chi connectivity index (χ0n) is 36.1. The van der Waals surface area contributed by atoms with E-state index in [0.29, 0.717) is 5.75 Å². The number of hydrogen-bond donors (Lipinski definition) is 1. The molecule has 0 saturated carbocycles. The van der Waals surface area contributed by atoms with Gasteiger partial charge in [0.25, 0.3) is 5.69 Å². The van der Waals surface area contributed by atoms with Crippen molar-refractivity contribution in [1.82, 2.24) is 0 Å². The number of nitrogens with zero attached hydrogens (tertiary/aromatic N) is 1. The quantitative estimate of drug-likeness (QED) is 0.0547. The Bertz CT molecular complexity index is 2540. The van der Waals surface area contributed by atoms with E-state index in [1.807, 2.05) is 212 Å². The zero-order chi connectivity index (χ0) is 45.2. The smallest absolute Gasteiger partial charge is 0.269 e. The van der Waals surface area contributed by atoms with Crippen molar-refractivity contribution >= 4 is 5.69 Å². The summed E-state index contributed by atoms with van der Waals surface area (Å²) in [5.74, 6) is 0.291. The van der Waals surface area contributed by atoms with E-state index in [-0.39, 0.29) is 18.9 Å². The van der Waals surface area contributed by atoms with Gasteiger partial charge in [-0.05, 0) is 51.1 Å². The summed E-state index contributed by atoms with van der Waals surface area (Å²) in [5, 5.41) is 24.5. The summed E-state index contributed by atoms with van der Waals surface area (Å²) in [5.41, 5.74) is 3.43. The van der Waals surface area contributed by atoms with Crippen LogP contribution in [-0.4, -0.2) is 47.3 Å². The van der Waals surface area contributed by atoms with E-state index in [1.54, 1.807) is 0 Å². The Kier molecular flexibility index (Phi) is 13.5. The van der Waals surface area contributed by atoms with Gasteiger partial charge in [0.05, 0.1) is 18.1 Å². The van der Waals surface area contributed by atoms with Gasteiger partial charge in [0, 0.05) is 12.1 Å². The molecule has 9 nitrogen and oxygen atoms in total. The van der Waals surface area contributed by atoms with Crippen LogP contribution in [0.15, 0.2) is 237 Å². The fourth-order valence-corrected chi connectivity index (χ4v) is 8.88. The molecule has 1 saturated heterocycles. The second-order valence-electron chi connectivity index (χ2n) is 16.1. The zero-order valence-corrected chi connectivity index (χ0v) is 36.1. The first kappa shape index (κ1) is 44.0. The number of non-ortho nitro benzene ring substituents is 1. The van der Waals surface area contributed by atoms with Gasteiger partial charge in [-0.25, -0.2) is 0 Å². The van der Waals surface area contributed by atoms with E-state index in [2.05, 4.69) is 0 Å². The van der Waals surface area contributed by atoms with Crippen molar-refractivity contribution in [3.63, 3.8) is 0 Å². The van der Waals surface area contributed by atoms with Crippen LogP contribution in [0.5, 0.6) is 5.75 Å². The van der Waals surface area contributed by atoms with Gasteiger partial charge in [0.1, 0.15) is 35.3 Å². The maximum Gasteiger partial charge on any atom is 0.269 e. The Morgan fingerprint density at radius 1 is 0.500 bits per heavy atom. The number of nitro benzene ring substituents is 1. The minimum Gasteiger partial charge on any atom is -0.482 e. The summed E-state index contributed by atoms with van der Waals surface area (Å²) in [7, 11) is 0. The molecule has 1 aliphatic rings. The van der Waals surface area contributed by atoms with Crippen LogP contribution in [-0.2, 0) is 36.8 Å². The van der Waals surface area contributed by atoms with Crippen LogP contribution >= 0.6 is 0 Å². The van der Waals surface area contributed by atoms with Crippen LogP contribution in [0.4, 0.5) is 5.69 Å². The number of hydrogen-bond acceptors (Lipinski definition) is 8. The lowest BCUT2D eigenvalue weighted by Crippen LogP contribution is -2.63. The molecule has 9 heteroatoms. The summed E-state index contributed by atoms with van der Waals surface area (Å²) >= 11 is 0. The first-order valence-electron chi connectivity index (χ1n) is 22.0. The maximum absolute atomic E-state index is 12.8. The molecule has 0 aromatic heterocycles. The molecule has 1 aliphatic heterocycles. The predicted molar refractivity (Wildman–Crippen MR) is 253 cm³/mol. The van der Waals surface area contributed by atoms with Gasteiger partial charge in [0.15, 0.2) is 12.4 Å². The van der Waals surface area contributed by atoms with Gasteiger partial charge < -0.3 is 28.8 Å². The number of benzene rings is 8. The number of nitro groups is 1. The van der Waals surface area contributed by atoms with Crippen molar-refractivity contribution in [2.24, 2.45) is 0 Å². The van der Waals surface area contributed by atoms with Gasteiger partial charge in [-0.1, -0.05) is 212 Å². The molecule has 1 heterocycles. The molecule has 1 fully saturated rings. The number of ether oxygens (including phenoxy) is 5. The van der Waals surface area contributed by atoms with E-state index in [4.69, 9.17) is 23.7 Å². The Labute approximate surface area is 384 Å². The van der Waals surface area contributed by atoms with Crippen molar-refractivity contribution in [3.05, 3.63) is 286 Å². The molecule has 1 N–H and O–H groups in total. The standard InChI is InChI=1S/C57H49NO8/c59-52-51(41-63-56(43-24-10-2-11-25-43,44-26-12-3-13-27-44)45-28-14-4-15-29-45)65-55(54(53(52)62-40-42-22-8-1-9-23-42)64-50-38-36-49(37-39-50)58(60)61)66-57(46-30-16-5-17-31-46,47-32-18-6-19-33-47)48-34-20-7-21-35-48/h1-39,51-55,59H,40-41H2/t51-,52+,53+,54-,55+/m1/s1. The lowest BCUT2D eigenvalue weighted by molar-refractivity contribution is -0.384. The molecule has 66 heavy (non-hydrogen) atoms. The van der Waals surface area contributed by atoms with E-state index >= 15 is 0 Å². The Balaban J connectivity index is 1.20. The maximum atomic E-state index is 12.8. The second-order valence-corrected chi connectivity index (χ2v) is 16.1. The summed E-state index contributed by atoms with van der Waals surface area (Å²) in [6, 6.07) is 75.3. The summed E-state index contributed by atoms with van der Waals surface area (Å²) in [6.45, 7) is -0.00363. The SMILES string of the molecule is O=[N+]([O-])c1ccc(O[C@H]2[C@H](OC(c3ccccc3)(c3ccccc3)c3ccccc3)O[C@H](COC(c3ccccc3)(c3ccccc3)c3ccccc3)[C@H](O)[C@@H]2OCc2ccccc2)cc1. The van der Waals surface area contributed by atoms with Crippen molar-refractivity contribution in [1.29, 1.82) is 0 Å². The topological polar surface area (TPSA) is 110 Å². The normalized spacial score (nSPS) is 18.6. The molecule has 0 aliphatic carbocycles. The minimum absolute atomic E-state index is 0.0980. The summed E-state index contributed by atoms with van der Waals surface area (Å²) in [4.78, 5) is 11.3. The van der Waals surface area contributed by atoms with Crippen LogP contribution in [0, 0.1) is 10.1 Å². The second kappa shape index (κ2) is 20.3. The van der Waals surface area contributed by atoms with Crippen LogP contribution < -0.4 is 4.74 Å². The van der Waals surface area contributed by atoms with Crippen molar-refractivity contribution in [2.45, 2.75) is 48.5 Å². The Hall–Kier alpha value is -7.24. The highest BCUT2D eigenvalue weighted by atomic mass is 16.7. The number of aliphatic hydroxyl groups is 1. The lowest BCUT2D eigenvalue weighted by Gasteiger charge is -2.48. The third kappa shape index (κ3) is 9.17. The summed E-state index contributed by atoms with van der Waals surface area (Å²) in [6.07, 6.45) is -5.89. The van der Waals surface area contributed by atoms with Gasteiger partial charge in [0.2, 0.25) is 0 Å². The van der Waals surface area contributed by atoms with Gasteiger partial charge in [-0.2, -0.15) is 0 Å².